The summed E-state index contributed by atoms with van der Waals surface area (Å²) in [5, 5.41) is 0. The fourth-order valence-electron chi connectivity index (χ4n) is 3.37. The van der Waals surface area contributed by atoms with Gasteiger partial charge in [-0.15, -0.1) is 0 Å². The van der Waals surface area contributed by atoms with Crippen molar-refractivity contribution in [2.75, 3.05) is 18.8 Å². The first-order valence-electron chi connectivity index (χ1n) is 8.16. The fraction of sp³-hybridized carbons (Fsp3) is 0.368. The van der Waals surface area contributed by atoms with Crippen molar-refractivity contribution < 1.29 is 13.2 Å². The molecule has 0 spiro atoms. The van der Waals surface area contributed by atoms with Gasteiger partial charge in [0.2, 0.25) is 0 Å². The molecule has 0 saturated carbocycles. The van der Waals surface area contributed by atoms with Gasteiger partial charge < -0.3 is 5.73 Å². The van der Waals surface area contributed by atoms with E-state index in [0.717, 1.165) is 50.2 Å². The van der Waals surface area contributed by atoms with Crippen LogP contribution in [0.2, 0.25) is 0 Å². The number of alkyl halides is 3. The Kier molecular flexibility index (Phi) is 4.81. The van der Waals surface area contributed by atoms with Crippen molar-refractivity contribution in [2.45, 2.75) is 31.5 Å². The largest absolute Gasteiger partial charge is 0.416 e. The SMILES string of the molecule is Nc1cc(C(F)(F)F)ccc1C1CCN(Cc2ccccc2)CC1. The second kappa shape index (κ2) is 6.85. The quantitative estimate of drug-likeness (QED) is 0.827. The molecule has 2 aromatic rings. The number of hydrogen-bond acceptors (Lipinski definition) is 2. The number of nitrogens with zero attached hydrogens (tertiary/aromatic N) is 1. The minimum Gasteiger partial charge on any atom is -0.398 e. The van der Waals surface area contributed by atoms with Gasteiger partial charge in [-0.2, -0.15) is 13.2 Å². The van der Waals surface area contributed by atoms with Crippen molar-refractivity contribution in [1.82, 2.24) is 4.90 Å². The van der Waals surface area contributed by atoms with E-state index in [1.54, 1.807) is 6.07 Å². The third kappa shape index (κ3) is 3.90. The molecule has 0 aliphatic carbocycles. The molecule has 5 heteroatoms. The van der Waals surface area contributed by atoms with Crippen LogP contribution in [-0.4, -0.2) is 18.0 Å². The molecule has 1 heterocycles. The van der Waals surface area contributed by atoms with Gasteiger partial charge in [0.15, 0.2) is 0 Å². The minimum atomic E-state index is -4.34. The summed E-state index contributed by atoms with van der Waals surface area (Å²) < 4.78 is 38.2. The third-order valence-corrected chi connectivity index (χ3v) is 4.69. The summed E-state index contributed by atoms with van der Waals surface area (Å²) in [4.78, 5) is 2.38. The van der Waals surface area contributed by atoms with E-state index < -0.39 is 11.7 Å². The number of nitrogen functional groups attached to an aromatic ring is 1. The number of benzene rings is 2. The topological polar surface area (TPSA) is 29.3 Å². The van der Waals surface area contributed by atoms with Crippen LogP contribution in [-0.2, 0) is 12.7 Å². The molecule has 0 bridgehead atoms. The third-order valence-electron chi connectivity index (χ3n) is 4.69. The molecule has 0 aromatic heterocycles. The van der Waals surface area contributed by atoms with Crippen LogP contribution in [0.25, 0.3) is 0 Å². The van der Waals surface area contributed by atoms with E-state index >= 15 is 0 Å². The number of anilines is 1. The number of rotatable bonds is 3. The molecule has 24 heavy (non-hydrogen) atoms. The monoisotopic (exact) mass is 334 g/mol. The van der Waals surface area contributed by atoms with Gasteiger partial charge in [-0.25, -0.2) is 0 Å². The summed E-state index contributed by atoms with van der Waals surface area (Å²) in [5.74, 6) is 0.235. The lowest BCUT2D eigenvalue weighted by molar-refractivity contribution is -0.137. The maximum absolute atomic E-state index is 12.7. The fourth-order valence-corrected chi connectivity index (χ4v) is 3.37. The molecule has 1 saturated heterocycles. The molecule has 2 nitrogen and oxygen atoms in total. The van der Waals surface area contributed by atoms with E-state index in [-0.39, 0.29) is 11.6 Å². The van der Waals surface area contributed by atoms with Gasteiger partial charge in [0.25, 0.3) is 0 Å². The minimum absolute atomic E-state index is 0.235. The highest BCUT2D eigenvalue weighted by atomic mass is 19.4. The highest BCUT2D eigenvalue weighted by Crippen LogP contribution is 2.36. The Morgan fingerprint density at radius 1 is 1.00 bits per heavy atom. The average molecular weight is 334 g/mol. The van der Waals surface area contributed by atoms with E-state index in [2.05, 4.69) is 17.0 Å². The summed E-state index contributed by atoms with van der Waals surface area (Å²) >= 11 is 0. The van der Waals surface area contributed by atoms with E-state index in [4.69, 9.17) is 5.73 Å². The Labute approximate surface area is 140 Å². The van der Waals surface area contributed by atoms with Crippen molar-refractivity contribution in [3.8, 4) is 0 Å². The summed E-state index contributed by atoms with van der Waals surface area (Å²) in [6, 6.07) is 14.0. The van der Waals surface area contributed by atoms with Gasteiger partial charge in [-0.1, -0.05) is 36.4 Å². The van der Waals surface area contributed by atoms with E-state index in [1.807, 2.05) is 18.2 Å². The van der Waals surface area contributed by atoms with Gasteiger partial charge in [-0.05, 0) is 55.1 Å². The molecule has 2 N–H and O–H groups in total. The number of halogens is 3. The van der Waals surface area contributed by atoms with E-state index in [1.165, 1.54) is 5.56 Å². The van der Waals surface area contributed by atoms with Gasteiger partial charge in [0.1, 0.15) is 0 Å². The zero-order valence-corrected chi connectivity index (χ0v) is 13.4. The number of piperidine rings is 1. The predicted molar refractivity (Wildman–Crippen MR) is 89.6 cm³/mol. The van der Waals surface area contributed by atoms with Crippen LogP contribution in [0.15, 0.2) is 48.5 Å². The van der Waals surface area contributed by atoms with E-state index in [0.29, 0.717) is 0 Å². The summed E-state index contributed by atoms with van der Waals surface area (Å²) in [6.07, 6.45) is -2.50. The van der Waals surface area contributed by atoms with Gasteiger partial charge in [0, 0.05) is 12.2 Å². The highest BCUT2D eigenvalue weighted by molar-refractivity contribution is 5.51. The van der Waals surface area contributed by atoms with Gasteiger partial charge in [-0.3, -0.25) is 4.90 Å². The zero-order valence-electron chi connectivity index (χ0n) is 13.4. The smallest absolute Gasteiger partial charge is 0.398 e. The summed E-state index contributed by atoms with van der Waals surface area (Å²) in [5.41, 5.74) is 7.61. The first kappa shape index (κ1) is 16.8. The van der Waals surface area contributed by atoms with Crippen molar-refractivity contribution in [3.63, 3.8) is 0 Å². The number of nitrogens with two attached hydrogens (primary N) is 1. The van der Waals surface area contributed by atoms with Crippen LogP contribution in [0.3, 0.4) is 0 Å². The first-order chi connectivity index (χ1) is 11.4. The molecule has 2 aromatic carbocycles. The molecule has 1 aliphatic rings. The Balaban J connectivity index is 1.62. The lowest BCUT2D eigenvalue weighted by Crippen LogP contribution is -2.32. The van der Waals surface area contributed by atoms with Crippen LogP contribution in [0.4, 0.5) is 18.9 Å². The molecular formula is C19H21F3N2. The second-order valence-electron chi connectivity index (χ2n) is 6.38. The van der Waals surface area contributed by atoms with Crippen LogP contribution in [0.1, 0.15) is 35.4 Å². The Bertz CT molecular complexity index is 675. The normalized spacial score (nSPS) is 17.1. The van der Waals surface area contributed by atoms with Crippen LogP contribution in [0, 0.1) is 0 Å². The zero-order chi connectivity index (χ0) is 17.2. The van der Waals surface area contributed by atoms with E-state index in [9.17, 15) is 13.2 Å². The molecule has 0 unspecified atom stereocenters. The Morgan fingerprint density at radius 2 is 1.67 bits per heavy atom. The molecule has 1 aliphatic heterocycles. The standard InChI is InChI=1S/C19H21F3N2/c20-19(21,22)16-6-7-17(18(23)12-16)15-8-10-24(11-9-15)13-14-4-2-1-3-5-14/h1-7,12,15H,8-11,13,23H2. The molecule has 0 radical (unpaired) electrons. The van der Waals surface area contributed by atoms with Crippen LogP contribution in [0.5, 0.6) is 0 Å². The first-order valence-corrected chi connectivity index (χ1v) is 8.16. The number of likely N-dealkylation sites (tertiary alicyclic amines) is 1. The molecule has 3 rings (SSSR count). The lowest BCUT2D eigenvalue weighted by atomic mass is 9.87. The van der Waals surface area contributed by atoms with Crippen molar-refractivity contribution in [1.29, 1.82) is 0 Å². The van der Waals surface area contributed by atoms with Crippen LogP contribution >= 0.6 is 0 Å². The molecule has 128 valence electrons. The maximum Gasteiger partial charge on any atom is 0.416 e. The van der Waals surface area contributed by atoms with Gasteiger partial charge >= 0.3 is 6.18 Å². The molecule has 0 atom stereocenters. The van der Waals surface area contributed by atoms with Crippen molar-refractivity contribution >= 4 is 5.69 Å². The molecule has 1 fully saturated rings. The second-order valence-corrected chi connectivity index (χ2v) is 6.38. The van der Waals surface area contributed by atoms with Crippen LogP contribution < -0.4 is 5.73 Å². The predicted octanol–water partition coefficient (Wildman–Crippen LogP) is 4.67. The maximum atomic E-state index is 12.7. The van der Waals surface area contributed by atoms with Gasteiger partial charge in [0.05, 0.1) is 5.56 Å². The highest BCUT2D eigenvalue weighted by Gasteiger charge is 2.31. The average Bonchev–Trinajstić information content (AvgIpc) is 2.56. The lowest BCUT2D eigenvalue weighted by Gasteiger charge is -2.32. The molecule has 0 amide bonds. The van der Waals surface area contributed by atoms with Crippen molar-refractivity contribution in [2.24, 2.45) is 0 Å². The summed E-state index contributed by atoms with van der Waals surface area (Å²) in [7, 11) is 0. The van der Waals surface area contributed by atoms with Crippen molar-refractivity contribution in [3.05, 3.63) is 65.2 Å². The Hall–Kier alpha value is -2.01. The summed E-state index contributed by atoms with van der Waals surface area (Å²) in [6.45, 7) is 2.77. The molecular weight excluding hydrogens is 313 g/mol. The number of hydrogen-bond donors (Lipinski definition) is 1. The Morgan fingerprint density at radius 3 is 2.25 bits per heavy atom.